The summed E-state index contributed by atoms with van der Waals surface area (Å²) in [4.78, 5) is 10.1. The minimum absolute atomic E-state index is 0. The molecule has 4 heterocycles. The molecule has 292 valence electrons. The largest absolute Gasteiger partial charge is 2.00 e. The van der Waals surface area contributed by atoms with Crippen LogP contribution >= 0.6 is 0 Å². The summed E-state index contributed by atoms with van der Waals surface area (Å²) in [5, 5.41) is 2.37. The molecule has 5 nitrogen and oxygen atoms in total. The van der Waals surface area contributed by atoms with Gasteiger partial charge in [0.25, 0.3) is 0 Å². The molecule has 0 amide bonds. The van der Waals surface area contributed by atoms with Crippen LogP contribution in [0.1, 0.15) is 134 Å². The SMILES string of the molecule is Cc1cc2c([c-]c1Oc1[c-]c(C3=N[C@](C)(C(C)C)CO3)cc(-c3c(C(C)C)cccc3C(C)C)c1)-n1c3ncccc3c3cc(C(C)(C)C)cc(c31)C2(C)C.[Pt+2]. The Morgan fingerprint density at radius 2 is 1.54 bits per heavy atom. The van der Waals surface area contributed by atoms with E-state index in [0.29, 0.717) is 41.8 Å². The Morgan fingerprint density at radius 3 is 2.16 bits per heavy atom. The van der Waals surface area contributed by atoms with Gasteiger partial charge in [-0.1, -0.05) is 136 Å². The summed E-state index contributed by atoms with van der Waals surface area (Å²) in [6, 6.07) is 29.8. The first-order valence-electron chi connectivity index (χ1n) is 20.0. The van der Waals surface area contributed by atoms with E-state index in [0.717, 1.165) is 33.4 Å². The maximum atomic E-state index is 6.99. The van der Waals surface area contributed by atoms with E-state index >= 15 is 0 Å². The molecule has 0 aliphatic carbocycles. The molecule has 2 aliphatic heterocycles. The molecule has 0 fully saturated rings. The fourth-order valence-electron chi connectivity index (χ4n) is 8.42. The van der Waals surface area contributed by atoms with E-state index in [1.807, 2.05) is 12.3 Å². The molecule has 1 atom stereocenters. The van der Waals surface area contributed by atoms with Crippen LogP contribution in [0.4, 0.5) is 0 Å². The molecule has 4 aromatic carbocycles. The molecule has 6 heteroatoms. The molecule has 8 rings (SSSR count). The fourth-order valence-corrected chi connectivity index (χ4v) is 8.42. The summed E-state index contributed by atoms with van der Waals surface area (Å²) in [5.74, 6) is 2.87. The molecule has 56 heavy (non-hydrogen) atoms. The molecule has 0 bridgehead atoms. The van der Waals surface area contributed by atoms with Gasteiger partial charge in [-0.25, -0.2) is 4.98 Å². The van der Waals surface area contributed by atoms with Gasteiger partial charge in [-0.2, -0.15) is 6.07 Å². The van der Waals surface area contributed by atoms with Crippen LogP contribution in [0.25, 0.3) is 38.8 Å². The quantitative estimate of drug-likeness (QED) is 0.150. The second kappa shape index (κ2) is 14.0. The van der Waals surface area contributed by atoms with Crippen molar-refractivity contribution in [2.24, 2.45) is 10.9 Å². The first-order chi connectivity index (χ1) is 25.9. The number of aliphatic imine (C=N–C) groups is 1. The van der Waals surface area contributed by atoms with Crippen molar-refractivity contribution in [3.63, 3.8) is 0 Å². The third-order valence-electron chi connectivity index (χ3n) is 12.3. The van der Waals surface area contributed by atoms with Crippen molar-refractivity contribution >= 4 is 27.8 Å². The van der Waals surface area contributed by atoms with Gasteiger partial charge in [-0.05, 0) is 81.5 Å². The van der Waals surface area contributed by atoms with Crippen molar-refractivity contribution in [1.82, 2.24) is 9.55 Å². The van der Waals surface area contributed by atoms with Gasteiger partial charge in [-0.3, -0.25) is 4.99 Å². The normalized spacial score (nSPS) is 17.4. The molecular weight excluding hydrogens is 870 g/mol. The number of aromatic nitrogens is 2. The summed E-state index contributed by atoms with van der Waals surface area (Å²) in [7, 11) is 0. The van der Waals surface area contributed by atoms with Crippen molar-refractivity contribution in [1.29, 1.82) is 0 Å². The number of ether oxygens (including phenoxy) is 2. The molecule has 6 aromatic rings. The van der Waals surface area contributed by atoms with E-state index in [1.54, 1.807) is 0 Å². The number of aryl methyl sites for hydroxylation is 1. The maximum absolute atomic E-state index is 6.99. The summed E-state index contributed by atoms with van der Waals surface area (Å²) in [6.45, 7) is 29.8. The predicted molar refractivity (Wildman–Crippen MR) is 228 cm³/mol. The number of pyridine rings is 1. The van der Waals surface area contributed by atoms with Crippen LogP contribution in [0.2, 0.25) is 0 Å². The number of rotatable bonds is 7. The Morgan fingerprint density at radius 1 is 0.839 bits per heavy atom. The second-order valence-electron chi connectivity index (χ2n) is 18.6. The first kappa shape index (κ1) is 40.0. The molecule has 2 aromatic heterocycles. The Kier molecular flexibility index (Phi) is 10.0. The van der Waals surface area contributed by atoms with Crippen molar-refractivity contribution in [3.8, 4) is 28.3 Å². The van der Waals surface area contributed by atoms with E-state index in [4.69, 9.17) is 19.5 Å². The van der Waals surface area contributed by atoms with Gasteiger partial charge in [0.05, 0.1) is 11.1 Å². The first-order valence-corrected chi connectivity index (χ1v) is 20.0. The van der Waals surface area contributed by atoms with E-state index in [1.165, 1.54) is 44.3 Å². The Bertz CT molecular complexity index is 2520. The Balaban J connectivity index is 0.00000480. The predicted octanol–water partition coefficient (Wildman–Crippen LogP) is 12.9. The third-order valence-corrected chi connectivity index (χ3v) is 12.3. The average Bonchev–Trinajstić information content (AvgIpc) is 3.70. The van der Waals surface area contributed by atoms with Gasteiger partial charge in [0, 0.05) is 28.5 Å². The zero-order valence-electron chi connectivity index (χ0n) is 35.3. The van der Waals surface area contributed by atoms with Crippen LogP contribution in [-0.4, -0.2) is 27.6 Å². The molecule has 0 radical (unpaired) electrons. The number of hydrogen-bond acceptors (Lipinski definition) is 4. The number of fused-ring (bicyclic) bond motifs is 5. The summed E-state index contributed by atoms with van der Waals surface area (Å²) < 4.78 is 15.7. The Hall–Kier alpha value is -4.21. The molecule has 0 saturated carbocycles. The van der Waals surface area contributed by atoms with E-state index in [2.05, 4.69) is 161 Å². The van der Waals surface area contributed by atoms with Gasteiger partial charge in [0.1, 0.15) is 18.2 Å². The van der Waals surface area contributed by atoms with Crippen molar-refractivity contribution in [3.05, 3.63) is 118 Å². The van der Waals surface area contributed by atoms with E-state index in [9.17, 15) is 0 Å². The van der Waals surface area contributed by atoms with Gasteiger partial charge < -0.3 is 14.0 Å². The summed E-state index contributed by atoms with van der Waals surface area (Å²) >= 11 is 0. The minimum atomic E-state index is -0.308. The van der Waals surface area contributed by atoms with Gasteiger partial charge in [0.2, 0.25) is 0 Å². The number of hydrogen-bond donors (Lipinski definition) is 0. The monoisotopic (exact) mass is 924 g/mol. The summed E-state index contributed by atoms with van der Waals surface area (Å²) in [5.41, 5.74) is 13.1. The zero-order chi connectivity index (χ0) is 39.4. The van der Waals surface area contributed by atoms with Crippen LogP contribution in [0.5, 0.6) is 11.5 Å². The zero-order valence-corrected chi connectivity index (χ0v) is 37.5. The summed E-state index contributed by atoms with van der Waals surface area (Å²) in [6.07, 6.45) is 1.89. The van der Waals surface area contributed by atoms with Gasteiger partial charge in [0.15, 0.2) is 0 Å². The van der Waals surface area contributed by atoms with E-state index < -0.39 is 0 Å². The standard InChI is InChI=1S/C50H55N3O2.Pt/c1-28(2)36-16-14-17-37(29(3)4)44(36)32-21-33(47-52-50(13,27-54-47)30(5)6)23-35(22-32)55-43-26-42-40(20-31(43)7)49(11,12)41-25-34(48(8,9)10)24-39-38-18-15-19-51-46(38)53(42)45(39)41;/h14-22,24-25,28-30H,27H2,1-13H3;/q-2;+2/t50-;/m0./s1. The molecule has 0 saturated heterocycles. The van der Waals surface area contributed by atoms with Crippen LogP contribution in [0, 0.1) is 25.0 Å². The van der Waals surface area contributed by atoms with Crippen molar-refractivity contribution in [2.45, 2.75) is 118 Å². The van der Waals surface area contributed by atoms with Crippen LogP contribution in [0.15, 0.2) is 71.9 Å². The topological polar surface area (TPSA) is 48.6 Å². The maximum Gasteiger partial charge on any atom is 2.00 e. The van der Waals surface area contributed by atoms with Crippen molar-refractivity contribution < 1.29 is 30.5 Å². The molecular formula is C50H55N3O2Pt. The smallest absolute Gasteiger partial charge is 0.518 e. The van der Waals surface area contributed by atoms with Crippen LogP contribution < -0.4 is 4.74 Å². The van der Waals surface area contributed by atoms with Gasteiger partial charge in [-0.15, -0.1) is 23.3 Å². The molecule has 2 aliphatic rings. The van der Waals surface area contributed by atoms with Gasteiger partial charge >= 0.3 is 21.1 Å². The average molecular weight is 925 g/mol. The minimum Gasteiger partial charge on any atom is -0.518 e. The Labute approximate surface area is 348 Å². The van der Waals surface area contributed by atoms with E-state index in [-0.39, 0.29) is 37.4 Å². The molecule has 0 spiro atoms. The van der Waals surface area contributed by atoms with Crippen molar-refractivity contribution in [2.75, 3.05) is 6.61 Å². The fraction of sp³-hybridized carbons (Fsp3) is 0.400. The number of nitrogens with zero attached hydrogens (tertiary/aromatic N) is 3. The van der Waals surface area contributed by atoms with Crippen LogP contribution in [-0.2, 0) is 36.6 Å². The third kappa shape index (κ3) is 6.43. The van der Waals surface area contributed by atoms with Crippen LogP contribution in [0.3, 0.4) is 0 Å². The molecule has 0 N–H and O–H groups in total. The second-order valence-corrected chi connectivity index (χ2v) is 18.6. The number of benzene rings is 4. The molecule has 0 unspecified atom stereocenters.